The number of fused-ring (bicyclic) bond motifs is 1. The summed E-state index contributed by atoms with van der Waals surface area (Å²) in [7, 11) is 3.18. The lowest BCUT2D eigenvalue weighted by atomic mass is 9.87. The molecule has 3 aromatic rings. The third kappa shape index (κ3) is 5.51. The third-order valence-corrected chi connectivity index (χ3v) is 6.86. The molecule has 35 heavy (non-hydrogen) atoms. The first-order chi connectivity index (χ1) is 16.8. The lowest BCUT2D eigenvalue weighted by Gasteiger charge is -2.34. The molecule has 0 spiro atoms. The summed E-state index contributed by atoms with van der Waals surface area (Å²) in [6.07, 6.45) is 3.87. The molecule has 9 nitrogen and oxygen atoms in total. The van der Waals surface area contributed by atoms with Crippen LogP contribution in [0.1, 0.15) is 26.7 Å². The Morgan fingerprint density at radius 2 is 2.00 bits per heavy atom. The fourth-order valence-electron chi connectivity index (χ4n) is 4.35. The summed E-state index contributed by atoms with van der Waals surface area (Å²) in [6.45, 7) is 6.17. The molecule has 0 saturated carbocycles. The molecule has 1 aromatic carbocycles. The van der Waals surface area contributed by atoms with Crippen LogP contribution in [-0.2, 0) is 11.8 Å². The number of ether oxygens (including phenoxy) is 1. The van der Waals surface area contributed by atoms with Gasteiger partial charge in [-0.05, 0) is 48.9 Å². The van der Waals surface area contributed by atoms with Gasteiger partial charge in [-0.25, -0.2) is 4.98 Å². The van der Waals surface area contributed by atoms with Crippen molar-refractivity contribution in [2.45, 2.75) is 26.7 Å². The van der Waals surface area contributed by atoms with Crippen molar-refractivity contribution in [2.24, 2.45) is 18.9 Å². The Hall–Kier alpha value is -3.33. The predicted molar refractivity (Wildman–Crippen MR) is 139 cm³/mol. The minimum absolute atomic E-state index is 0.105. The number of aromatic nitrogens is 3. The highest BCUT2D eigenvalue weighted by atomic mass is 35.5. The van der Waals surface area contributed by atoms with E-state index in [1.165, 1.54) is 11.6 Å². The number of hydrogen-bond acceptors (Lipinski definition) is 7. The molecule has 0 aliphatic carbocycles. The van der Waals surface area contributed by atoms with Crippen molar-refractivity contribution in [3.05, 3.63) is 45.8 Å². The lowest BCUT2D eigenvalue weighted by molar-refractivity contribution is -0.122. The number of halogens is 1. The molecule has 1 saturated heterocycles. The number of piperidine rings is 1. The van der Waals surface area contributed by atoms with E-state index >= 15 is 0 Å². The molecule has 0 atom stereocenters. The number of likely N-dealkylation sites (N-methyl/N-ethyl adjacent to an activating group) is 1. The fourth-order valence-corrected chi connectivity index (χ4v) is 4.49. The number of nitrogens with one attached hydrogen (secondary N) is 2. The quantitative estimate of drug-likeness (QED) is 0.512. The average Bonchev–Trinajstić information content (AvgIpc) is 2.86. The summed E-state index contributed by atoms with van der Waals surface area (Å²) in [4.78, 5) is 35.5. The predicted octanol–water partition coefficient (Wildman–Crippen LogP) is 3.72. The van der Waals surface area contributed by atoms with Crippen LogP contribution in [0.4, 0.5) is 17.5 Å². The Bertz CT molecular complexity index is 1280. The van der Waals surface area contributed by atoms with Crippen molar-refractivity contribution < 1.29 is 9.53 Å². The van der Waals surface area contributed by atoms with Gasteiger partial charge >= 0.3 is 0 Å². The van der Waals surface area contributed by atoms with Gasteiger partial charge in [0.2, 0.25) is 5.95 Å². The molecule has 1 amide bonds. The normalized spacial score (nSPS) is 14.4. The molecule has 0 bridgehead atoms. The molecular formula is C25H31ClN6O3. The van der Waals surface area contributed by atoms with Crippen LogP contribution in [0.25, 0.3) is 10.9 Å². The van der Waals surface area contributed by atoms with Crippen LogP contribution in [-0.4, -0.2) is 47.2 Å². The monoisotopic (exact) mass is 498 g/mol. The van der Waals surface area contributed by atoms with Gasteiger partial charge in [0, 0.05) is 38.3 Å². The van der Waals surface area contributed by atoms with E-state index in [2.05, 4.69) is 34.4 Å². The van der Waals surface area contributed by atoms with Gasteiger partial charge in [0.15, 0.2) is 18.2 Å². The smallest absolute Gasteiger partial charge is 0.293 e. The number of benzene rings is 1. The maximum atomic E-state index is 12.6. The van der Waals surface area contributed by atoms with Gasteiger partial charge in [0.25, 0.3) is 11.5 Å². The van der Waals surface area contributed by atoms with Crippen LogP contribution >= 0.6 is 11.6 Å². The zero-order valence-electron chi connectivity index (χ0n) is 20.5. The maximum absolute atomic E-state index is 12.6. The van der Waals surface area contributed by atoms with Gasteiger partial charge < -0.3 is 24.8 Å². The van der Waals surface area contributed by atoms with Gasteiger partial charge in [-0.1, -0.05) is 25.4 Å². The van der Waals surface area contributed by atoms with Gasteiger partial charge in [-0.15, -0.1) is 0 Å². The molecule has 0 unspecified atom stereocenters. The number of rotatable bonds is 7. The van der Waals surface area contributed by atoms with Gasteiger partial charge in [0.1, 0.15) is 5.02 Å². The number of anilines is 3. The van der Waals surface area contributed by atoms with Gasteiger partial charge in [0.05, 0.1) is 11.7 Å². The van der Waals surface area contributed by atoms with Gasteiger partial charge in [-0.2, -0.15) is 4.98 Å². The van der Waals surface area contributed by atoms with Crippen molar-refractivity contribution in [1.29, 1.82) is 0 Å². The van der Waals surface area contributed by atoms with E-state index in [9.17, 15) is 9.59 Å². The molecular weight excluding hydrogens is 468 g/mol. The molecule has 2 N–H and O–H groups in total. The molecule has 2 aromatic heterocycles. The number of pyridine rings is 1. The van der Waals surface area contributed by atoms with Crippen molar-refractivity contribution in [3.63, 3.8) is 0 Å². The number of nitrogens with zero attached hydrogens (tertiary/aromatic N) is 4. The zero-order chi connectivity index (χ0) is 25.1. The van der Waals surface area contributed by atoms with E-state index < -0.39 is 0 Å². The van der Waals surface area contributed by atoms with Crippen LogP contribution < -0.4 is 25.8 Å². The van der Waals surface area contributed by atoms with E-state index in [4.69, 9.17) is 21.3 Å². The van der Waals surface area contributed by atoms with Crippen LogP contribution in [0.3, 0.4) is 0 Å². The van der Waals surface area contributed by atoms with Gasteiger partial charge in [-0.3, -0.25) is 9.59 Å². The Kier molecular flexibility index (Phi) is 7.45. The zero-order valence-corrected chi connectivity index (χ0v) is 21.2. The highest BCUT2D eigenvalue weighted by Crippen LogP contribution is 2.30. The molecule has 1 aliphatic rings. The first kappa shape index (κ1) is 24.8. The first-order valence-electron chi connectivity index (χ1n) is 11.8. The highest BCUT2D eigenvalue weighted by molar-refractivity contribution is 6.32. The van der Waals surface area contributed by atoms with Crippen LogP contribution in [0.5, 0.6) is 5.75 Å². The number of hydrogen-bond donors (Lipinski definition) is 2. The largest absolute Gasteiger partial charge is 0.478 e. The van der Waals surface area contributed by atoms with Crippen LogP contribution in [0, 0.1) is 11.8 Å². The maximum Gasteiger partial charge on any atom is 0.293 e. The molecule has 3 heterocycles. The molecule has 10 heteroatoms. The second-order valence-corrected chi connectivity index (χ2v) is 9.58. The number of carbonyl (C=O) groups excluding carboxylic acids is 1. The van der Waals surface area contributed by atoms with Crippen molar-refractivity contribution >= 4 is 45.9 Å². The highest BCUT2D eigenvalue weighted by Gasteiger charge is 2.23. The van der Waals surface area contributed by atoms with E-state index in [1.807, 2.05) is 18.2 Å². The van der Waals surface area contributed by atoms with Crippen molar-refractivity contribution in [3.8, 4) is 5.75 Å². The summed E-state index contributed by atoms with van der Waals surface area (Å²) in [5, 5.41) is 6.94. The minimum atomic E-state index is -0.315. The molecule has 0 radical (unpaired) electrons. The molecule has 4 rings (SSSR count). The number of amides is 1. The SMILES string of the molecule is CNC(=O)COc1cc2cc(Nc3nc(N4CCC(C(C)C)CC4)ncc3Cl)ccc2n(C)c1=O. The van der Waals surface area contributed by atoms with Crippen molar-refractivity contribution in [2.75, 3.05) is 37.0 Å². The Morgan fingerprint density at radius 3 is 2.69 bits per heavy atom. The van der Waals surface area contributed by atoms with Crippen LogP contribution in [0.2, 0.25) is 5.02 Å². The number of aryl methyl sites for hydroxylation is 1. The topological polar surface area (TPSA) is 101 Å². The standard InChI is InChI=1S/C25H31ClN6O3/c1-15(2)16-7-9-32(10-8-16)25-28-13-19(26)23(30-25)29-18-5-6-20-17(11-18)12-21(24(34)31(20)4)35-14-22(33)27-3/h5-6,11-13,15-16H,7-10,14H2,1-4H3,(H,27,33)(H,28,29,30). The van der Waals surface area contributed by atoms with Crippen molar-refractivity contribution in [1.82, 2.24) is 19.9 Å². The average molecular weight is 499 g/mol. The Labute approximate surface area is 209 Å². The molecule has 1 aliphatic heterocycles. The van der Waals surface area contributed by atoms with E-state index in [1.54, 1.807) is 19.3 Å². The molecule has 1 fully saturated rings. The first-order valence-corrected chi connectivity index (χ1v) is 12.2. The third-order valence-electron chi connectivity index (χ3n) is 6.59. The summed E-state index contributed by atoms with van der Waals surface area (Å²) >= 11 is 6.41. The second-order valence-electron chi connectivity index (χ2n) is 9.17. The fraction of sp³-hybridized carbons (Fsp3) is 0.440. The summed E-state index contributed by atoms with van der Waals surface area (Å²) in [5.41, 5.74) is 1.17. The van der Waals surface area contributed by atoms with E-state index in [0.29, 0.717) is 22.7 Å². The lowest BCUT2D eigenvalue weighted by Crippen LogP contribution is -2.36. The van der Waals surface area contributed by atoms with Crippen LogP contribution in [0.15, 0.2) is 35.3 Å². The number of carbonyl (C=O) groups is 1. The second kappa shape index (κ2) is 10.5. The van der Waals surface area contributed by atoms with E-state index in [0.717, 1.165) is 48.4 Å². The van der Waals surface area contributed by atoms with E-state index in [-0.39, 0.29) is 23.8 Å². The molecule has 186 valence electrons. The Balaban J connectivity index is 1.57. The minimum Gasteiger partial charge on any atom is -0.478 e. The Morgan fingerprint density at radius 1 is 1.26 bits per heavy atom. The summed E-state index contributed by atoms with van der Waals surface area (Å²) in [6, 6.07) is 7.22. The summed E-state index contributed by atoms with van der Waals surface area (Å²) < 4.78 is 6.94. The summed E-state index contributed by atoms with van der Waals surface area (Å²) in [5.74, 6) is 2.38.